The van der Waals surface area contributed by atoms with E-state index in [2.05, 4.69) is 10.4 Å². The van der Waals surface area contributed by atoms with Crippen LogP contribution in [0.15, 0.2) is 84.0 Å². The lowest BCUT2D eigenvalue weighted by atomic mass is 10.1. The summed E-state index contributed by atoms with van der Waals surface area (Å²) in [5, 5.41) is 7.56. The van der Waals surface area contributed by atoms with E-state index in [0.29, 0.717) is 35.2 Å². The Morgan fingerprint density at radius 1 is 0.972 bits per heavy atom. The summed E-state index contributed by atoms with van der Waals surface area (Å²) in [6.45, 7) is 0.470. The number of rotatable bonds is 7. The standard InChI is InChI=1S/C28H27N7O/c1-34(2)21-14-12-20(13-15-21)18-31-35-26(29)24(28(36)30-17-16-19-8-4-3-5-9-19)25-27(35)33-23-11-7-6-10-22(23)32-25/h3-15,18H,16-17,29H2,1-2H3,(H,30,36)/b31-18+. The fourth-order valence-corrected chi connectivity index (χ4v) is 4.02. The quantitative estimate of drug-likeness (QED) is 0.344. The molecule has 36 heavy (non-hydrogen) atoms. The third-order valence-corrected chi connectivity index (χ3v) is 5.97. The van der Waals surface area contributed by atoms with Crippen LogP contribution in [0.4, 0.5) is 11.5 Å². The van der Waals surface area contributed by atoms with E-state index >= 15 is 0 Å². The number of amides is 1. The maximum atomic E-state index is 13.3. The second-order valence-corrected chi connectivity index (χ2v) is 8.68. The van der Waals surface area contributed by atoms with Gasteiger partial charge in [-0.1, -0.05) is 54.6 Å². The molecule has 5 aromatic rings. The fourth-order valence-electron chi connectivity index (χ4n) is 4.02. The molecular formula is C28H27N7O. The molecule has 0 aliphatic carbocycles. The van der Waals surface area contributed by atoms with Gasteiger partial charge in [-0.05, 0) is 41.8 Å². The molecule has 0 atom stereocenters. The highest BCUT2D eigenvalue weighted by molar-refractivity contribution is 6.10. The first kappa shape index (κ1) is 23.0. The number of nitrogen functional groups attached to an aromatic ring is 1. The topological polar surface area (TPSA) is 101 Å². The van der Waals surface area contributed by atoms with Gasteiger partial charge in [0.25, 0.3) is 5.91 Å². The van der Waals surface area contributed by atoms with E-state index in [9.17, 15) is 4.79 Å². The van der Waals surface area contributed by atoms with Crippen molar-refractivity contribution in [1.82, 2.24) is 20.0 Å². The summed E-state index contributed by atoms with van der Waals surface area (Å²) in [5.74, 6) is -0.110. The van der Waals surface area contributed by atoms with Crippen LogP contribution in [-0.2, 0) is 6.42 Å². The van der Waals surface area contributed by atoms with Gasteiger partial charge in [0.2, 0.25) is 0 Å². The van der Waals surface area contributed by atoms with Crippen molar-refractivity contribution < 1.29 is 4.79 Å². The molecule has 8 heteroatoms. The Morgan fingerprint density at radius 2 is 1.64 bits per heavy atom. The molecule has 0 saturated heterocycles. The average Bonchev–Trinajstić information content (AvgIpc) is 3.16. The molecule has 0 aliphatic rings. The number of para-hydroxylation sites is 2. The van der Waals surface area contributed by atoms with E-state index in [-0.39, 0.29) is 17.3 Å². The van der Waals surface area contributed by atoms with E-state index in [4.69, 9.17) is 15.7 Å². The molecule has 1 amide bonds. The van der Waals surface area contributed by atoms with E-state index in [0.717, 1.165) is 16.8 Å². The first-order valence-corrected chi connectivity index (χ1v) is 11.7. The van der Waals surface area contributed by atoms with Crippen LogP contribution in [0.5, 0.6) is 0 Å². The van der Waals surface area contributed by atoms with Gasteiger partial charge in [0.1, 0.15) is 16.9 Å². The summed E-state index contributed by atoms with van der Waals surface area (Å²) in [7, 11) is 3.98. The number of aromatic nitrogens is 3. The van der Waals surface area contributed by atoms with Crippen LogP contribution in [0.3, 0.4) is 0 Å². The summed E-state index contributed by atoms with van der Waals surface area (Å²) in [4.78, 5) is 24.8. The van der Waals surface area contributed by atoms with Crippen LogP contribution >= 0.6 is 0 Å². The summed E-state index contributed by atoms with van der Waals surface area (Å²) < 4.78 is 1.49. The highest BCUT2D eigenvalue weighted by atomic mass is 16.1. The van der Waals surface area contributed by atoms with Crippen LogP contribution in [0.1, 0.15) is 21.5 Å². The molecular weight excluding hydrogens is 450 g/mol. The van der Waals surface area contributed by atoms with Gasteiger partial charge in [0, 0.05) is 26.3 Å². The smallest absolute Gasteiger partial charge is 0.257 e. The van der Waals surface area contributed by atoms with Gasteiger partial charge in [-0.2, -0.15) is 9.78 Å². The third-order valence-electron chi connectivity index (χ3n) is 5.97. The van der Waals surface area contributed by atoms with Crippen molar-refractivity contribution in [3.8, 4) is 0 Å². The molecule has 0 radical (unpaired) electrons. The number of carbonyl (C=O) groups is 1. The minimum absolute atomic E-state index is 0.193. The molecule has 8 nitrogen and oxygen atoms in total. The van der Waals surface area contributed by atoms with Crippen LogP contribution in [0, 0.1) is 0 Å². The van der Waals surface area contributed by atoms with Crippen molar-refractivity contribution in [2.24, 2.45) is 5.10 Å². The number of hydrogen-bond donors (Lipinski definition) is 2. The predicted octanol–water partition coefficient (Wildman–Crippen LogP) is 4.09. The van der Waals surface area contributed by atoms with Gasteiger partial charge < -0.3 is 16.0 Å². The van der Waals surface area contributed by atoms with Crippen molar-refractivity contribution in [2.45, 2.75) is 6.42 Å². The highest BCUT2D eigenvalue weighted by Gasteiger charge is 2.23. The Hall–Kier alpha value is -4.72. The number of benzene rings is 3. The SMILES string of the molecule is CN(C)c1ccc(/C=N/n2c(N)c(C(=O)NCCc3ccccc3)c3nc4ccccc4nc32)cc1. The Balaban J connectivity index is 1.51. The minimum Gasteiger partial charge on any atom is -0.383 e. The first-order chi connectivity index (χ1) is 17.5. The molecule has 5 rings (SSSR count). The van der Waals surface area contributed by atoms with Crippen molar-refractivity contribution in [3.63, 3.8) is 0 Å². The number of carbonyl (C=O) groups excluding carboxylic acids is 1. The van der Waals surface area contributed by atoms with Gasteiger partial charge in [0.05, 0.1) is 17.2 Å². The molecule has 3 N–H and O–H groups in total. The van der Waals surface area contributed by atoms with Crippen molar-refractivity contribution >= 4 is 45.8 Å². The summed E-state index contributed by atoms with van der Waals surface area (Å²) in [6, 6.07) is 25.5. The average molecular weight is 478 g/mol. The second-order valence-electron chi connectivity index (χ2n) is 8.68. The number of anilines is 2. The maximum absolute atomic E-state index is 13.3. The highest BCUT2D eigenvalue weighted by Crippen LogP contribution is 2.28. The zero-order valence-corrected chi connectivity index (χ0v) is 20.2. The molecule has 0 unspecified atom stereocenters. The van der Waals surface area contributed by atoms with E-state index in [1.54, 1.807) is 6.21 Å². The Kier molecular flexibility index (Phi) is 6.32. The van der Waals surface area contributed by atoms with Gasteiger partial charge in [-0.3, -0.25) is 4.79 Å². The maximum Gasteiger partial charge on any atom is 0.257 e. The molecule has 180 valence electrons. The zero-order chi connectivity index (χ0) is 25.1. The largest absolute Gasteiger partial charge is 0.383 e. The van der Waals surface area contributed by atoms with Gasteiger partial charge in [0.15, 0.2) is 5.65 Å². The monoisotopic (exact) mass is 477 g/mol. The van der Waals surface area contributed by atoms with E-state index in [1.807, 2.05) is 97.9 Å². The molecule has 2 aromatic heterocycles. The summed E-state index contributed by atoms with van der Waals surface area (Å²) in [6.07, 6.45) is 2.41. The molecule has 0 saturated carbocycles. The van der Waals surface area contributed by atoms with Crippen LogP contribution in [0.2, 0.25) is 0 Å². The lowest BCUT2D eigenvalue weighted by Crippen LogP contribution is -2.26. The first-order valence-electron chi connectivity index (χ1n) is 11.7. The number of nitrogens with one attached hydrogen (secondary N) is 1. The predicted molar refractivity (Wildman–Crippen MR) is 146 cm³/mol. The zero-order valence-electron chi connectivity index (χ0n) is 20.2. The molecule has 0 spiro atoms. The molecule has 0 aliphatic heterocycles. The molecule has 2 heterocycles. The normalized spacial score (nSPS) is 11.4. The van der Waals surface area contributed by atoms with Gasteiger partial charge in [-0.15, -0.1) is 0 Å². The Labute approximate surface area is 209 Å². The lowest BCUT2D eigenvalue weighted by molar-refractivity contribution is 0.0956. The van der Waals surface area contributed by atoms with Crippen molar-refractivity contribution in [3.05, 3.63) is 95.6 Å². The fraction of sp³-hybridized carbons (Fsp3) is 0.143. The van der Waals surface area contributed by atoms with Crippen molar-refractivity contribution in [2.75, 3.05) is 31.3 Å². The third kappa shape index (κ3) is 4.61. The number of hydrogen-bond acceptors (Lipinski definition) is 6. The summed E-state index contributed by atoms with van der Waals surface area (Å²) in [5.41, 5.74) is 12.1. The number of nitrogens with two attached hydrogens (primary N) is 1. The minimum atomic E-state index is -0.303. The van der Waals surface area contributed by atoms with Gasteiger partial charge >= 0.3 is 0 Å². The lowest BCUT2D eigenvalue weighted by Gasteiger charge is -2.11. The summed E-state index contributed by atoms with van der Waals surface area (Å²) >= 11 is 0. The Bertz CT molecular complexity index is 1550. The molecule has 0 bridgehead atoms. The number of fused-ring (bicyclic) bond motifs is 2. The molecule has 3 aromatic carbocycles. The van der Waals surface area contributed by atoms with Crippen LogP contribution in [0.25, 0.3) is 22.2 Å². The van der Waals surface area contributed by atoms with E-state index < -0.39 is 0 Å². The second kappa shape index (κ2) is 9.87. The van der Waals surface area contributed by atoms with Crippen LogP contribution in [-0.4, -0.2) is 47.4 Å². The van der Waals surface area contributed by atoms with Gasteiger partial charge in [-0.25, -0.2) is 9.97 Å². The molecule has 0 fully saturated rings. The Morgan fingerprint density at radius 3 is 2.33 bits per heavy atom. The van der Waals surface area contributed by atoms with E-state index in [1.165, 1.54) is 4.68 Å². The van der Waals surface area contributed by atoms with Crippen molar-refractivity contribution in [1.29, 1.82) is 0 Å². The number of nitrogens with zero attached hydrogens (tertiary/aromatic N) is 5. The van der Waals surface area contributed by atoms with Crippen LogP contribution < -0.4 is 16.0 Å².